The zero-order valence-electron chi connectivity index (χ0n) is 12.3. The van der Waals surface area contributed by atoms with E-state index in [1.807, 2.05) is 26.0 Å². The fourth-order valence-electron chi connectivity index (χ4n) is 2.36. The summed E-state index contributed by atoms with van der Waals surface area (Å²) in [4.78, 5) is 0. The Bertz CT molecular complexity index is 655. The second-order valence-corrected chi connectivity index (χ2v) is 5.62. The van der Waals surface area contributed by atoms with Gasteiger partial charge < -0.3 is 5.32 Å². The Labute approximate surface area is 128 Å². The molecular weight excluding hydrogens is 292 g/mol. The molecule has 0 aliphatic carbocycles. The Hall–Kier alpha value is -1.45. The van der Waals surface area contributed by atoms with Crippen LogP contribution in [0.2, 0.25) is 5.02 Å². The fourth-order valence-corrected chi connectivity index (χ4v) is 2.71. The summed E-state index contributed by atoms with van der Waals surface area (Å²) in [5.74, 6) is -1.62. The van der Waals surface area contributed by atoms with Gasteiger partial charge in [-0.3, -0.25) is 0 Å². The second-order valence-electron chi connectivity index (χ2n) is 5.22. The highest BCUT2D eigenvalue weighted by atomic mass is 35.5. The zero-order valence-corrected chi connectivity index (χ0v) is 13.1. The molecule has 21 heavy (non-hydrogen) atoms. The van der Waals surface area contributed by atoms with Crippen LogP contribution in [0.5, 0.6) is 0 Å². The lowest BCUT2D eigenvalue weighted by Gasteiger charge is -2.20. The van der Waals surface area contributed by atoms with Gasteiger partial charge in [-0.05, 0) is 61.7 Å². The van der Waals surface area contributed by atoms with Crippen LogP contribution in [0.1, 0.15) is 28.3 Å². The highest BCUT2D eigenvalue weighted by Crippen LogP contribution is 2.29. The van der Waals surface area contributed by atoms with Crippen LogP contribution in [-0.4, -0.2) is 7.05 Å². The van der Waals surface area contributed by atoms with E-state index in [1.165, 1.54) is 6.07 Å². The first-order chi connectivity index (χ1) is 9.93. The van der Waals surface area contributed by atoms with Crippen molar-refractivity contribution in [3.63, 3.8) is 0 Å². The Kier molecular flexibility index (Phi) is 4.96. The van der Waals surface area contributed by atoms with Crippen LogP contribution in [0.3, 0.4) is 0 Å². The molecule has 0 aliphatic heterocycles. The largest absolute Gasteiger partial charge is 0.313 e. The molecule has 0 aliphatic rings. The summed E-state index contributed by atoms with van der Waals surface area (Å²) in [5.41, 5.74) is 3.46. The number of benzene rings is 2. The maximum atomic E-state index is 13.8. The number of nitrogens with one attached hydrogen (secondary N) is 1. The van der Waals surface area contributed by atoms with Crippen LogP contribution in [0.15, 0.2) is 30.3 Å². The van der Waals surface area contributed by atoms with E-state index in [9.17, 15) is 8.78 Å². The predicted octanol–water partition coefficient (Wildman–Crippen LogP) is 4.74. The highest BCUT2D eigenvalue weighted by molar-refractivity contribution is 6.31. The molecule has 4 heteroatoms. The molecule has 0 aromatic heterocycles. The molecule has 0 bridgehead atoms. The third kappa shape index (κ3) is 3.42. The average molecular weight is 310 g/mol. The minimum atomic E-state index is -0.825. The number of rotatable bonds is 4. The first-order valence-electron chi connectivity index (χ1n) is 6.80. The average Bonchev–Trinajstić information content (AvgIpc) is 2.45. The third-order valence-corrected chi connectivity index (χ3v) is 4.12. The van der Waals surface area contributed by atoms with E-state index in [0.717, 1.165) is 22.8 Å². The van der Waals surface area contributed by atoms with E-state index in [-0.39, 0.29) is 6.04 Å². The molecule has 0 saturated carbocycles. The van der Waals surface area contributed by atoms with Crippen molar-refractivity contribution in [3.8, 4) is 0 Å². The molecule has 0 heterocycles. The lowest BCUT2D eigenvalue weighted by molar-refractivity contribution is 0.487. The number of aryl methyl sites for hydroxylation is 2. The van der Waals surface area contributed by atoms with E-state index < -0.39 is 11.6 Å². The van der Waals surface area contributed by atoms with Gasteiger partial charge >= 0.3 is 0 Å². The standard InChI is InChI=1S/C17H18ClF2N/c1-10-7-13(14(18)8-11(10)2)16(21-3)9-12-5-4-6-15(19)17(12)20/h4-8,16,21H,9H2,1-3H3. The van der Waals surface area contributed by atoms with Crippen LogP contribution < -0.4 is 5.32 Å². The van der Waals surface area contributed by atoms with E-state index >= 15 is 0 Å². The molecule has 0 saturated heterocycles. The van der Waals surface area contributed by atoms with Crippen molar-refractivity contribution in [1.29, 1.82) is 0 Å². The maximum absolute atomic E-state index is 13.8. The number of hydrogen-bond acceptors (Lipinski definition) is 1. The molecule has 2 aromatic rings. The summed E-state index contributed by atoms with van der Waals surface area (Å²) >= 11 is 6.30. The SMILES string of the molecule is CNC(Cc1cccc(F)c1F)c1cc(C)c(C)cc1Cl. The van der Waals surface area contributed by atoms with Gasteiger partial charge in [-0.15, -0.1) is 0 Å². The second kappa shape index (κ2) is 6.54. The molecule has 0 spiro atoms. The van der Waals surface area contributed by atoms with E-state index in [1.54, 1.807) is 13.1 Å². The third-order valence-electron chi connectivity index (χ3n) is 3.79. The van der Waals surface area contributed by atoms with Crippen molar-refractivity contribution < 1.29 is 8.78 Å². The van der Waals surface area contributed by atoms with Gasteiger partial charge in [0.05, 0.1) is 0 Å². The molecule has 2 rings (SSSR count). The van der Waals surface area contributed by atoms with Crippen molar-refractivity contribution in [3.05, 3.63) is 69.2 Å². The summed E-state index contributed by atoms with van der Waals surface area (Å²) < 4.78 is 27.1. The predicted molar refractivity (Wildman–Crippen MR) is 82.8 cm³/mol. The first-order valence-corrected chi connectivity index (χ1v) is 7.18. The Morgan fingerprint density at radius 3 is 2.48 bits per heavy atom. The zero-order chi connectivity index (χ0) is 15.6. The molecule has 0 radical (unpaired) electrons. The minimum absolute atomic E-state index is 0.173. The van der Waals surface area contributed by atoms with Gasteiger partial charge in [0.1, 0.15) is 0 Å². The van der Waals surface area contributed by atoms with E-state index in [2.05, 4.69) is 5.32 Å². The van der Waals surface area contributed by atoms with Gasteiger partial charge in [0, 0.05) is 11.1 Å². The van der Waals surface area contributed by atoms with Gasteiger partial charge in [-0.1, -0.05) is 29.8 Å². The molecule has 1 nitrogen and oxygen atoms in total. The topological polar surface area (TPSA) is 12.0 Å². The van der Waals surface area contributed by atoms with Gasteiger partial charge in [-0.2, -0.15) is 0 Å². The molecule has 0 fully saturated rings. The molecule has 1 atom stereocenters. The molecule has 112 valence electrons. The van der Waals surface area contributed by atoms with Gasteiger partial charge in [0.25, 0.3) is 0 Å². The van der Waals surface area contributed by atoms with Crippen LogP contribution in [0.4, 0.5) is 8.78 Å². The molecule has 1 N–H and O–H groups in total. The smallest absolute Gasteiger partial charge is 0.162 e. The Morgan fingerprint density at radius 2 is 1.81 bits per heavy atom. The Morgan fingerprint density at radius 1 is 1.14 bits per heavy atom. The summed E-state index contributed by atoms with van der Waals surface area (Å²) in [6.45, 7) is 4.00. The summed E-state index contributed by atoms with van der Waals surface area (Å²) in [6, 6.07) is 7.96. The van der Waals surface area contributed by atoms with Crippen molar-refractivity contribution >= 4 is 11.6 Å². The number of likely N-dealkylation sites (N-methyl/N-ethyl adjacent to an activating group) is 1. The Balaban J connectivity index is 2.37. The van der Waals surface area contributed by atoms with Crippen LogP contribution in [0, 0.1) is 25.5 Å². The molecular formula is C17H18ClF2N. The molecule has 2 aromatic carbocycles. The number of hydrogen-bond donors (Lipinski definition) is 1. The molecule has 1 unspecified atom stereocenters. The summed E-state index contributed by atoms with van der Waals surface area (Å²) in [5, 5.41) is 3.76. The highest BCUT2D eigenvalue weighted by Gasteiger charge is 2.18. The van der Waals surface area contributed by atoms with Crippen molar-refractivity contribution in [2.45, 2.75) is 26.3 Å². The first kappa shape index (κ1) is 15.9. The lowest BCUT2D eigenvalue weighted by Crippen LogP contribution is -2.20. The van der Waals surface area contributed by atoms with Crippen LogP contribution >= 0.6 is 11.6 Å². The maximum Gasteiger partial charge on any atom is 0.162 e. The van der Waals surface area contributed by atoms with Crippen LogP contribution in [-0.2, 0) is 6.42 Å². The fraction of sp³-hybridized carbons (Fsp3) is 0.294. The molecule has 0 amide bonds. The quantitative estimate of drug-likeness (QED) is 0.860. The van der Waals surface area contributed by atoms with Crippen molar-refractivity contribution in [1.82, 2.24) is 5.32 Å². The normalized spacial score (nSPS) is 12.5. The van der Waals surface area contributed by atoms with Crippen molar-refractivity contribution in [2.24, 2.45) is 0 Å². The monoisotopic (exact) mass is 309 g/mol. The van der Waals surface area contributed by atoms with Crippen molar-refractivity contribution in [2.75, 3.05) is 7.05 Å². The van der Waals surface area contributed by atoms with Gasteiger partial charge in [-0.25, -0.2) is 8.78 Å². The van der Waals surface area contributed by atoms with Crippen LogP contribution in [0.25, 0.3) is 0 Å². The summed E-state index contributed by atoms with van der Waals surface area (Å²) in [6.07, 6.45) is 0.336. The van der Waals surface area contributed by atoms with E-state index in [0.29, 0.717) is 17.0 Å². The lowest BCUT2D eigenvalue weighted by atomic mass is 9.95. The van der Waals surface area contributed by atoms with Gasteiger partial charge in [0.15, 0.2) is 11.6 Å². The van der Waals surface area contributed by atoms with Gasteiger partial charge in [0.2, 0.25) is 0 Å². The summed E-state index contributed by atoms with van der Waals surface area (Å²) in [7, 11) is 1.79. The van der Waals surface area contributed by atoms with E-state index in [4.69, 9.17) is 11.6 Å². The minimum Gasteiger partial charge on any atom is -0.313 e. The number of halogens is 3.